The Morgan fingerprint density at radius 2 is 2.17 bits per heavy atom. The number of carbonyl (C=O) groups excluding carboxylic acids is 1. The smallest absolute Gasteiger partial charge is 0.223 e. The average molecular weight is 256 g/mol. The van der Waals surface area contributed by atoms with Crippen molar-refractivity contribution in [3.05, 3.63) is 0 Å². The zero-order chi connectivity index (χ0) is 13.8. The minimum atomic E-state index is -0.419. The molecule has 0 aromatic rings. The van der Waals surface area contributed by atoms with Crippen LogP contribution >= 0.6 is 0 Å². The number of nitrogens with two attached hydrogens (primary N) is 1. The van der Waals surface area contributed by atoms with Crippen LogP contribution in [0.1, 0.15) is 52.9 Å². The predicted octanol–water partition coefficient (Wildman–Crippen LogP) is 1.83. The van der Waals surface area contributed by atoms with E-state index in [1.54, 1.807) is 7.11 Å². The molecule has 4 heteroatoms. The molecular formula is C14H28N2O2. The van der Waals surface area contributed by atoms with Crippen LogP contribution in [-0.4, -0.2) is 30.7 Å². The topological polar surface area (TPSA) is 64.3 Å². The fourth-order valence-electron chi connectivity index (χ4n) is 2.73. The van der Waals surface area contributed by atoms with E-state index in [2.05, 4.69) is 12.2 Å². The summed E-state index contributed by atoms with van der Waals surface area (Å²) >= 11 is 0. The molecule has 0 saturated heterocycles. The van der Waals surface area contributed by atoms with E-state index in [0.717, 1.165) is 19.3 Å². The molecule has 4 nitrogen and oxygen atoms in total. The monoisotopic (exact) mass is 256 g/mol. The van der Waals surface area contributed by atoms with Crippen molar-refractivity contribution in [2.75, 3.05) is 13.7 Å². The first-order chi connectivity index (χ1) is 8.35. The van der Waals surface area contributed by atoms with Gasteiger partial charge in [-0.05, 0) is 32.6 Å². The van der Waals surface area contributed by atoms with E-state index in [-0.39, 0.29) is 11.4 Å². The molecule has 1 saturated carbocycles. The van der Waals surface area contributed by atoms with Crippen LogP contribution in [0.4, 0.5) is 0 Å². The SMILES string of the molecule is COC(C)(C)CC(=O)NC1(CN)CCCCC1C. The quantitative estimate of drug-likeness (QED) is 0.788. The van der Waals surface area contributed by atoms with E-state index in [9.17, 15) is 4.79 Å². The summed E-state index contributed by atoms with van der Waals surface area (Å²) in [4.78, 5) is 12.1. The summed E-state index contributed by atoms with van der Waals surface area (Å²) in [6.45, 7) is 6.55. The van der Waals surface area contributed by atoms with Crippen LogP contribution in [0.2, 0.25) is 0 Å². The van der Waals surface area contributed by atoms with Crippen molar-refractivity contribution in [1.29, 1.82) is 0 Å². The minimum Gasteiger partial charge on any atom is -0.378 e. The molecule has 1 aliphatic rings. The third-order valence-electron chi connectivity index (χ3n) is 4.34. The molecule has 3 N–H and O–H groups in total. The summed E-state index contributed by atoms with van der Waals surface area (Å²) in [5.41, 5.74) is 5.30. The standard InChI is InChI=1S/C14H28N2O2/c1-11-7-5-6-8-14(11,10-15)16-12(17)9-13(2,3)18-4/h11H,5-10,15H2,1-4H3,(H,16,17). The van der Waals surface area contributed by atoms with E-state index in [1.165, 1.54) is 6.42 Å². The molecule has 0 aliphatic heterocycles. The second-order valence-corrected chi connectivity index (χ2v) is 6.20. The molecule has 2 unspecified atom stereocenters. The average Bonchev–Trinajstić information content (AvgIpc) is 2.31. The van der Waals surface area contributed by atoms with Crippen molar-refractivity contribution in [1.82, 2.24) is 5.32 Å². The Morgan fingerprint density at radius 3 is 2.67 bits per heavy atom. The summed E-state index contributed by atoms with van der Waals surface area (Å²) < 4.78 is 5.30. The Balaban J connectivity index is 2.65. The lowest BCUT2D eigenvalue weighted by molar-refractivity contribution is -0.129. The van der Waals surface area contributed by atoms with Gasteiger partial charge in [0.15, 0.2) is 0 Å². The van der Waals surface area contributed by atoms with Gasteiger partial charge in [0.25, 0.3) is 0 Å². The van der Waals surface area contributed by atoms with Crippen LogP contribution in [0, 0.1) is 5.92 Å². The molecule has 18 heavy (non-hydrogen) atoms. The highest BCUT2D eigenvalue weighted by Crippen LogP contribution is 2.33. The molecule has 0 aromatic carbocycles. The van der Waals surface area contributed by atoms with Gasteiger partial charge in [0, 0.05) is 13.7 Å². The Morgan fingerprint density at radius 1 is 1.50 bits per heavy atom. The lowest BCUT2D eigenvalue weighted by atomic mass is 9.73. The van der Waals surface area contributed by atoms with Crippen LogP contribution in [-0.2, 0) is 9.53 Å². The summed E-state index contributed by atoms with van der Waals surface area (Å²) in [5.74, 6) is 0.493. The van der Waals surface area contributed by atoms with E-state index in [4.69, 9.17) is 10.5 Å². The van der Waals surface area contributed by atoms with Crippen LogP contribution in [0.15, 0.2) is 0 Å². The highest BCUT2D eigenvalue weighted by molar-refractivity contribution is 5.78. The molecule has 0 bridgehead atoms. The predicted molar refractivity (Wildman–Crippen MR) is 73.3 cm³/mol. The molecule has 0 heterocycles. The summed E-state index contributed by atoms with van der Waals surface area (Å²) in [6.07, 6.45) is 4.89. The summed E-state index contributed by atoms with van der Waals surface area (Å²) in [5, 5.41) is 3.18. The number of ether oxygens (including phenoxy) is 1. The molecule has 0 spiro atoms. The number of amides is 1. The third-order valence-corrected chi connectivity index (χ3v) is 4.34. The third kappa shape index (κ3) is 3.69. The Kier molecular flexibility index (Phi) is 5.17. The maximum atomic E-state index is 12.1. The van der Waals surface area contributed by atoms with Crippen molar-refractivity contribution in [3.63, 3.8) is 0 Å². The number of hydrogen-bond acceptors (Lipinski definition) is 3. The van der Waals surface area contributed by atoms with Crippen LogP contribution in [0.5, 0.6) is 0 Å². The first kappa shape index (κ1) is 15.4. The highest BCUT2D eigenvalue weighted by atomic mass is 16.5. The van der Waals surface area contributed by atoms with E-state index in [0.29, 0.717) is 18.9 Å². The normalized spacial score (nSPS) is 29.1. The zero-order valence-electron chi connectivity index (χ0n) is 12.2. The van der Waals surface area contributed by atoms with Crippen molar-refractivity contribution in [3.8, 4) is 0 Å². The van der Waals surface area contributed by atoms with Gasteiger partial charge in [-0.1, -0.05) is 19.8 Å². The van der Waals surface area contributed by atoms with Crippen molar-refractivity contribution >= 4 is 5.91 Å². The largest absolute Gasteiger partial charge is 0.378 e. The van der Waals surface area contributed by atoms with Crippen LogP contribution < -0.4 is 11.1 Å². The van der Waals surface area contributed by atoms with Gasteiger partial charge < -0.3 is 15.8 Å². The second kappa shape index (κ2) is 6.02. The first-order valence-electron chi connectivity index (χ1n) is 6.91. The lowest BCUT2D eigenvalue weighted by Gasteiger charge is -2.43. The molecular weight excluding hydrogens is 228 g/mol. The molecule has 1 aliphatic carbocycles. The molecule has 1 rings (SSSR count). The van der Waals surface area contributed by atoms with Crippen molar-refractivity contribution in [2.45, 2.75) is 64.0 Å². The maximum absolute atomic E-state index is 12.1. The van der Waals surface area contributed by atoms with Crippen LogP contribution in [0.25, 0.3) is 0 Å². The Hall–Kier alpha value is -0.610. The Labute approximate surface area is 111 Å². The van der Waals surface area contributed by atoms with Gasteiger partial charge in [-0.25, -0.2) is 0 Å². The summed E-state index contributed by atoms with van der Waals surface area (Å²) in [7, 11) is 1.63. The molecule has 1 amide bonds. The zero-order valence-corrected chi connectivity index (χ0v) is 12.2. The molecule has 106 valence electrons. The Bertz CT molecular complexity index is 292. The van der Waals surface area contributed by atoms with Gasteiger partial charge in [-0.3, -0.25) is 4.79 Å². The summed E-state index contributed by atoms with van der Waals surface area (Å²) in [6, 6.07) is 0. The van der Waals surface area contributed by atoms with Gasteiger partial charge in [-0.2, -0.15) is 0 Å². The van der Waals surface area contributed by atoms with Crippen molar-refractivity contribution < 1.29 is 9.53 Å². The number of rotatable bonds is 5. The number of hydrogen-bond donors (Lipinski definition) is 2. The molecule has 1 fully saturated rings. The van der Waals surface area contributed by atoms with E-state index >= 15 is 0 Å². The molecule has 0 aromatic heterocycles. The first-order valence-corrected chi connectivity index (χ1v) is 6.91. The highest BCUT2D eigenvalue weighted by Gasteiger charge is 2.38. The fraction of sp³-hybridized carbons (Fsp3) is 0.929. The van der Waals surface area contributed by atoms with Gasteiger partial charge >= 0.3 is 0 Å². The van der Waals surface area contributed by atoms with Gasteiger partial charge in [0.05, 0.1) is 17.6 Å². The minimum absolute atomic E-state index is 0.0426. The maximum Gasteiger partial charge on any atom is 0.223 e. The second-order valence-electron chi connectivity index (χ2n) is 6.20. The fourth-order valence-corrected chi connectivity index (χ4v) is 2.73. The van der Waals surface area contributed by atoms with E-state index < -0.39 is 5.60 Å². The van der Waals surface area contributed by atoms with Gasteiger partial charge in [-0.15, -0.1) is 0 Å². The molecule has 0 radical (unpaired) electrons. The van der Waals surface area contributed by atoms with E-state index in [1.807, 2.05) is 13.8 Å². The number of nitrogens with one attached hydrogen (secondary N) is 1. The van der Waals surface area contributed by atoms with Gasteiger partial charge in [0.2, 0.25) is 5.91 Å². The number of methoxy groups -OCH3 is 1. The van der Waals surface area contributed by atoms with Crippen LogP contribution in [0.3, 0.4) is 0 Å². The van der Waals surface area contributed by atoms with Gasteiger partial charge in [0.1, 0.15) is 0 Å². The lowest BCUT2D eigenvalue weighted by Crippen LogP contribution is -2.59. The number of carbonyl (C=O) groups is 1. The van der Waals surface area contributed by atoms with Crippen molar-refractivity contribution in [2.24, 2.45) is 11.7 Å². The molecule has 2 atom stereocenters.